The maximum absolute atomic E-state index is 12.2. The van der Waals surface area contributed by atoms with E-state index in [2.05, 4.69) is 10.3 Å². The third-order valence-electron chi connectivity index (χ3n) is 3.36. The number of pyridine rings is 1. The second-order valence-electron chi connectivity index (χ2n) is 4.75. The summed E-state index contributed by atoms with van der Waals surface area (Å²) in [7, 11) is 0. The average molecular weight is 297 g/mol. The summed E-state index contributed by atoms with van der Waals surface area (Å²) in [4.78, 5) is 29.9. The maximum Gasteiger partial charge on any atom is 0.257 e. The fourth-order valence-corrected chi connectivity index (χ4v) is 2.09. The van der Waals surface area contributed by atoms with Gasteiger partial charge in [-0.05, 0) is 50.2 Å². The van der Waals surface area contributed by atoms with Gasteiger partial charge in [-0.2, -0.15) is 0 Å². The van der Waals surface area contributed by atoms with Crippen LogP contribution in [-0.2, 0) is 0 Å². The molecule has 0 saturated carbocycles. The molecule has 22 heavy (non-hydrogen) atoms. The third-order valence-corrected chi connectivity index (χ3v) is 3.36. The molecule has 0 radical (unpaired) electrons. The molecule has 0 spiro atoms. The number of carbonyl (C=O) groups is 2. The lowest BCUT2D eigenvalue weighted by Crippen LogP contribution is -2.30. The fraction of sp³-hybridized carbons (Fsp3) is 0.235. The van der Waals surface area contributed by atoms with Crippen molar-refractivity contribution in [3.05, 3.63) is 59.9 Å². The Kier molecular flexibility index (Phi) is 5.25. The largest absolute Gasteiger partial charge is 0.339 e. The molecule has 2 amide bonds. The second-order valence-corrected chi connectivity index (χ2v) is 4.75. The van der Waals surface area contributed by atoms with E-state index < -0.39 is 0 Å². The third kappa shape index (κ3) is 3.69. The monoisotopic (exact) mass is 297 g/mol. The molecule has 0 aliphatic heterocycles. The Hall–Kier alpha value is -2.69. The Morgan fingerprint density at radius 3 is 2.27 bits per heavy atom. The van der Waals surface area contributed by atoms with Crippen molar-refractivity contribution in [2.45, 2.75) is 13.8 Å². The highest BCUT2D eigenvalue weighted by Gasteiger charge is 2.12. The molecule has 0 unspecified atom stereocenters. The van der Waals surface area contributed by atoms with Gasteiger partial charge in [-0.25, -0.2) is 0 Å². The number of anilines is 1. The van der Waals surface area contributed by atoms with Crippen LogP contribution in [0.25, 0.3) is 0 Å². The minimum atomic E-state index is -0.226. The summed E-state index contributed by atoms with van der Waals surface area (Å²) in [5.74, 6) is -0.231. The van der Waals surface area contributed by atoms with Crippen molar-refractivity contribution in [3.8, 4) is 0 Å². The van der Waals surface area contributed by atoms with Crippen molar-refractivity contribution in [2.75, 3.05) is 18.4 Å². The molecule has 0 fully saturated rings. The van der Waals surface area contributed by atoms with Gasteiger partial charge in [0.25, 0.3) is 11.8 Å². The number of benzene rings is 1. The topological polar surface area (TPSA) is 62.3 Å². The minimum absolute atomic E-state index is 0.00450. The van der Waals surface area contributed by atoms with Gasteiger partial charge in [0, 0.05) is 36.7 Å². The summed E-state index contributed by atoms with van der Waals surface area (Å²) in [6, 6.07) is 10.3. The Balaban J connectivity index is 2.06. The molecular weight excluding hydrogens is 278 g/mol. The van der Waals surface area contributed by atoms with Crippen LogP contribution in [0.1, 0.15) is 34.6 Å². The highest BCUT2D eigenvalue weighted by Crippen LogP contribution is 2.13. The molecule has 0 aliphatic rings. The lowest BCUT2D eigenvalue weighted by atomic mass is 10.1. The molecule has 2 rings (SSSR count). The molecule has 5 heteroatoms. The summed E-state index contributed by atoms with van der Waals surface area (Å²) in [6.45, 7) is 5.25. The van der Waals surface area contributed by atoms with E-state index in [4.69, 9.17) is 0 Å². The lowest BCUT2D eigenvalue weighted by Gasteiger charge is -2.18. The summed E-state index contributed by atoms with van der Waals surface area (Å²) in [5, 5.41) is 2.78. The molecule has 0 bridgehead atoms. The van der Waals surface area contributed by atoms with Crippen LogP contribution in [0.15, 0.2) is 48.8 Å². The van der Waals surface area contributed by atoms with Gasteiger partial charge in [0.15, 0.2) is 0 Å². The number of nitrogens with one attached hydrogen (secondary N) is 1. The first-order valence-corrected chi connectivity index (χ1v) is 7.26. The molecule has 1 aromatic carbocycles. The Morgan fingerprint density at radius 1 is 1.05 bits per heavy atom. The van der Waals surface area contributed by atoms with E-state index in [-0.39, 0.29) is 11.8 Å². The van der Waals surface area contributed by atoms with Gasteiger partial charge in [0.1, 0.15) is 0 Å². The van der Waals surface area contributed by atoms with E-state index in [1.807, 2.05) is 13.8 Å². The molecule has 114 valence electrons. The summed E-state index contributed by atoms with van der Waals surface area (Å²) < 4.78 is 0. The fourth-order valence-electron chi connectivity index (χ4n) is 2.09. The SMILES string of the molecule is CCN(CC)C(=O)c1ccc(NC(=O)c2cccnc2)cc1. The minimum Gasteiger partial charge on any atom is -0.339 e. The Bertz CT molecular complexity index is 635. The van der Waals surface area contributed by atoms with Crippen LogP contribution in [0, 0.1) is 0 Å². The Morgan fingerprint density at radius 2 is 1.73 bits per heavy atom. The van der Waals surface area contributed by atoms with Crippen LogP contribution < -0.4 is 5.32 Å². The van der Waals surface area contributed by atoms with E-state index in [0.717, 1.165) is 0 Å². The maximum atomic E-state index is 12.2. The highest BCUT2D eigenvalue weighted by atomic mass is 16.2. The van der Waals surface area contributed by atoms with Gasteiger partial charge < -0.3 is 10.2 Å². The molecule has 0 aliphatic carbocycles. The van der Waals surface area contributed by atoms with Gasteiger partial charge in [-0.1, -0.05) is 0 Å². The molecule has 0 atom stereocenters. The zero-order valence-electron chi connectivity index (χ0n) is 12.7. The zero-order valence-corrected chi connectivity index (χ0v) is 12.7. The normalized spacial score (nSPS) is 10.1. The van der Waals surface area contributed by atoms with Gasteiger partial charge in [-0.15, -0.1) is 0 Å². The van der Waals surface area contributed by atoms with Gasteiger partial charge in [-0.3, -0.25) is 14.6 Å². The number of carbonyl (C=O) groups excluding carboxylic acids is 2. The molecule has 0 saturated heterocycles. The summed E-state index contributed by atoms with van der Waals surface area (Å²) in [5.41, 5.74) is 1.75. The summed E-state index contributed by atoms with van der Waals surface area (Å²) >= 11 is 0. The van der Waals surface area contributed by atoms with E-state index in [1.54, 1.807) is 47.5 Å². The smallest absolute Gasteiger partial charge is 0.257 e. The predicted molar refractivity (Wildman–Crippen MR) is 85.9 cm³/mol. The first-order valence-electron chi connectivity index (χ1n) is 7.26. The highest BCUT2D eigenvalue weighted by molar-refractivity contribution is 6.04. The van der Waals surface area contributed by atoms with Crippen LogP contribution in [0.3, 0.4) is 0 Å². The van der Waals surface area contributed by atoms with E-state index in [9.17, 15) is 9.59 Å². The van der Waals surface area contributed by atoms with Crippen molar-refractivity contribution < 1.29 is 9.59 Å². The van der Waals surface area contributed by atoms with Crippen LogP contribution in [-0.4, -0.2) is 34.8 Å². The van der Waals surface area contributed by atoms with E-state index in [0.29, 0.717) is 29.9 Å². The van der Waals surface area contributed by atoms with Crippen molar-refractivity contribution in [1.29, 1.82) is 0 Å². The van der Waals surface area contributed by atoms with Crippen molar-refractivity contribution in [1.82, 2.24) is 9.88 Å². The lowest BCUT2D eigenvalue weighted by molar-refractivity contribution is 0.0773. The van der Waals surface area contributed by atoms with Crippen molar-refractivity contribution in [3.63, 3.8) is 0 Å². The van der Waals surface area contributed by atoms with Gasteiger partial charge in [0.05, 0.1) is 5.56 Å². The standard InChI is InChI=1S/C17H19N3O2/c1-3-20(4-2)17(22)13-7-9-15(10-8-13)19-16(21)14-6-5-11-18-12-14/h5-12H,3-4H2,1-2H3,(H,19,21). The van der Waals surface area contributed by atoms with Crippen molar-refractivity contribution in [2.24, 2.45) is 0 Å². The Labute approximate surface area is 130 Å². The first kappa shape index (κ1) is 15.7. The van der Waals surface area contributed by atoms with Crippen LogP contribution in [0.2, 0.25) is 0 Å². The van der Waals surface area contributed by atoms with Crippen molar-refractivity contribution >= 4 is 17.5 Å². The van der Waals surface area contributed by atoms with Crippen LogP contribution in [0.5, 0.6) is 0 Å². The summed E-state index contributed by atoms with van der Waals surface area (Å²) in [6.07, 6.45) is 3.12. The zero-order chi connectivity index (χ0) is 15.9. The number of hydrogen-bond donors (Lipinski definition) is 1. The number of rotatable bonds is 5. The number of nitrogens with zero attached hydrogens (tertiary/aromatic N) is 2. The quantitative estimate of drug-likeness (QED) is 0.923. The van der Waals surface area contributed by atoms with E-state index in [1.165, 1.54) is 6.20 Å². The molecule has 1 aromatic heterocycles. The molecular formula is C17H19N3O2. The van der Waals surface area contributed by atoms with E-state index >= 15 is 0 Å². The van der Waals surface area contributed by atoms with Gasteiger partial charge >= 0.3 is 0 Å². The predicted octanol–water partition coefficient (Wildman–Crippen LogP) is 2.82. The number of hydrogen-bond acceptors (Lipinski definition) is 3. The van der Waals surface area contributed by atoms with Gasteiger partial charge in [0.2, 0.25) is 0 Å². The molecule has 1 N–H and O–H groups in total. The first-order chi connectivity index (χ1) is 10.7. The van der Waals surface area contributed by atoms with Crippen LogP contribution in [0.4, 0.5) is 5.69 Å². The average Bonchev–Trinajstić information content (AvgIpc) is 2.57. The molecule has 5 nitrogen and oxygen atoms in total. The molecule has 2 aromatic rings. The number of aromatic nitrogens is 1. The number of amides is 2. The molecule has 1 heterocycles. The van der Waals surface area contributed by atoms with Crippen LogP contribution >= 0.6 is 0 Å². The second kappa shape index (κ2) is 7.36.